The van der Waals surface area contributed by atoms with Crippen LogP contribution in [0.5, 0.6) is 0 Å². The van der Waals surface area contributed by atoms with E-state index in [2.05, 4.69) is 27.5 Å². The van der Waals surface area contributed by atoms with Crippen LogP contribution >= 0.6 is 12.2 Å². The Hall–Kier alpha value is -1.43. The number of nitrogens with one attached hydrogen (secondary N) is 2. The molecule has 0 unspecified atom stereocenters. The molecular formula is C5H6N4OS. The summed E-state index contributed by atoms with van der Waals surface area (Å²) < 4.78 is 0.291. The summed E-state index contributed by atoms with van der Waals surface area (Å²) in [6.45, 7) is 0. The zero-order chi connectivity index (χ0) is 8.27. The van der Waals surface area contributed by atoms with E-state index in [1.165, 1.54) is 6.20 Å². The van der Waals surface area contributed by atoms with E-state index < -0.39 is 0 Å². The van der Waals surface area contributed by atoms with Crippen LogP contribution in [0.15, 0.2) is 6.20 Å². The van der Waals surface area contributed by atoms with Gasteiger partial charge in [0.05, 0.1) is 11.9 Å². The molecule has 0 aliphatic heterocycles. The molecule has 0 saturated carbocycles. The van der Waals surface area contributed by atoms with Gasteiger partial charge in [0.1, 0.15) is 5.82 Å². The highest BCUT2D eigenvalue weighted by molar-refractivity contribution is 7.71. The molecule has 0 saturated heterocycles. The zero-order valence-electron chi connectivity index (χ0n) is 5.50. The highest BCUT2D eigenvalue weighted by atomic mass is 32.1. The molecule has 4 N–H and O–H groups in total. The number of carbonyl (C=O) groups is 1. The standard InChI is InChI=1S/C5H6N4OS/c6-4-3(8-2-10)1-7-5(11)9-4/h1-2H,(H,8,10)(H3,6,7,9,11). The first-order valence-corrected chi connectivity index (χ1v) is 3.20. The van der Waals surface area contributed by atoms with Crippen molar-refractivity contribution in [2.24, 2.45) is 0 Å². The lowest BCUT2D eigenvalue weighted by Crippen LogP contribution is -2.02. The number of hydrogen-bond donors (Lipinski definition) is 3. The predicted octanol–water partition coefficient (Wildman–Crippen LogP) is 0.290. The van der Waals surface area contributed by atoms with Crippen LogP contribution in [0.3, 0.4) is 0 Å². The molecule has 0 aliphatic rings. The van der Waals surface area contributed by atoms with Gasteiger partial charge in [-0.2, -0.15) is 0 Å². The largest absolute Gasteiger partial charge is 0.383 e. The van der Waals surface area contributed by atoms with Crippen LogP contribution in [0.1, 0.15) is 0 Å². The van der Waals surface area contributed by atoms with Crippen molar-refractivity contribution in [1.82, 2.24) is 9.97 Å². The van der Waals surface area contributed by atoms with Gasteiger partial charge in [0.25, 0.3) is 0 Å². The number of amides is 1. The van der Waals surface area contributed by atoms with Crippen LogP contribution in [-0.2, 0) is 4.79 Å². The van der Waals surface area contributed by atoms with E-state index in [0.717, 1.165) is 0 Å². The molecular weight excluding hydrogens is 164 g/mol. The Morgan fingerprint density at radius 1 is 1.82 bits per heavy atom. The molecule has 1 amide bonds. The Morgan fingerprint density at radius 3 is 3.09 bits per heavy atom. The molecule has 0 spiro atoms. The summed E-state index contributed by atoms with van der Waals surface area (Å²) in [7, 11) is 0. The smallest absolute Gasteiger partial charge is 0.211 e. The van der Waals surface area contributed by atoms with Crippen molar-refractivity contribution in [3.05, 3.63) is 11.0 Å². The van der Waals surface area contributed by atoms with Crippen LogP contribution in [0.2, 0.25) is 0 Å². The van der Waals surface area contributed by atoms with Crippen molar-refractivity contribution < 1.29 is 4.79 Å². The molecule has 1 rings (SSSR count). The summed E-state index contributed by atoms with van der Waals surface area (Å²) in [5.41, 5.74) is 5.85. The first kappa shape index (κ1) is 7.67. The topological polar surface area (TPSA) is 83.8 Å². The van der Waals surface area contributed by atoms with E-state index in [1.807, 2.05) is 0 Å². The number of carbonyl (C=O) groups excluding carboxylic acids is 1. The predicted molar refractivity (Wildman–Crippen MR) is 43.5 cm³/mol. The van der Waals surface area contributed by atoms with Crippen molar-refractivity contribution in [3.63, 3.8) is 0 Å². The minimum absolute atomic E-state index is 0.291. The van der Waals surface area contributed by atoms with Crippen molar-refractivity contribution in [3.8, 4) is 0 Å². The fourth-order valence-electron chi connectivity index (χ4n) is 0.586. The van der Waals surface area contributed by atoms with Gasteiger partial charge in [-0.3, -0.25) is 4.79 Å². The fourth-order valence-corrected chi connectivity index (χ4v) is 0.749. The Morgan fingerprint density at radius 2 is 2.55 bits per heavy atom. The summed E-state index contributed by atoms with van der Waals surface area (Å²) >= 11 is 4.68. The fraction of sp³-hybridized carbons (Fsp3) is 0. The highest BCUT2D eigenvalue weighted by Gasteiger charge is 1.95. The van der Waals surface area contributed by atoms with Gasteiger partial charge in [0.2, 0.25) is 6.41 Å². The SMILES string of the molecule is Nc1[nH]c(=S)ncc1NC=O. The Balaban J connectivity index is 3.08. The molecule has 0 aromatic carbocycles. The van der Waals surface area contributed by atoms with E-state index in [9.17, 15) is 4.79 Å². The number of nitrogens with two attached hydrogens (primary N) is 1. The van der Waals surface area contributed by atoms with Crippen LogP contribution in [0.25, 0.3) is 0 Å². The third kappa shape index (κ3) is 1.74. The molecule has 0 aliphatic carbocycles. The maximum Gasteiger partial charge on any atom is 0.211 e. The molecule has 5 nitrogen and oxygen atoms in total. The molecule has 0 atom stereocenters. The number of nitrogens with zero attached hydrogens (tertiary/aromatic N) is 1. The average molecular weight is 170 g/mol. The van der Waals surface area contributed by atoms with Crippen molar-refractivity contribution in [2.45, 2.75) is 0 Å². The Kier molecular flexibility index (Phi) is 2.17. The van der Waals surface area contributed by atoms with E-state index >= 15 is 0 Å². The second-order valence-electron chi connectivity index (χ2n) is 1.78. The van der Waals surface area contributed by atoms with E-state index in [0.29, 0.717) is 22.7 Å². The van der Waals surface area contributed by atoms with E-state index in [1.54, 1.807) is 0 Å². The number of H-pyrrole nitrogens is 1. The molecule has 11 heavy (non-hydrogen) atoms. The molecule has 0 fully saturated rings. The van der Waals surface area contributed by atoms with E-state index in [-0.39, 0.29) is 0 Å². The summed E-state index contributed by atoms with van der Waals surface area (Å²) in [5.74, 6) is 0.303. The Bertz CT molecular complexity index is 321. The van der Waals surface area contributed by atoms with Gasteiger partial charge >= 0.3 is 0 Å². The number of nitrogen functional groups attached to an aromatic ring is 1. The average Bonchev–Trinajstić information content (AvgIpc) is 1.95. The molecule has 0 bridgehead atoms. The van der Waals surface area contributed by atoms with Crippen LogP contribution in [0.4, 0.5) is 11.5 Å². The number of anilines is 2. The van der Waals surface area contributed by atoms with Crippen molar-refractivity contribution in [1.29, 1.82) is 0 Å². The second kappa shape index (κ2) is 3.11. The second-order valence-corrected chi connectivity index (χ2v) is 2.16. The van der Waals surface area contributed by atoms with Gasteiger partial charge in [-0.05, 0) is 12.2 Å². The van der Waals surface area contributed by atoms with Crippen molar-refractivity contribution in [2.75, 3.05) is 11.1 Å². The first-order valence-electron chi connectivity index (χ1n) is 2.79. The highest BCUT2D eigenvalue weighted by Crippen LogP contribution is 2.10. The van der Waals surface area contributed by atoms with Gasteiger partial charge < -0.3 is 16.0 Å². The maximum absolute atomic E-state index is 9.98. The van der Waals surface area contributed by atoms with Crippen LogP contribution < -0.4 is 11.1 Å². The van der Waals surface area contributed by atoms with Gasteiger partial charge in [-0.15, -0.1) is 0 Å². The summed E-state index contributed by atoms with van der Waals surface area (Å²) in [6.07, 6.45) is 1.91. The van der Waals surface area contributed by atoms with Crippen LogP contribution in [-0.4, -0.2) is 16.4 Å². The molecule has 1 aromatic heterocycles. The normalized spacial score (nSPS) is 9.09. The minimum atomic E-state index is 0.291. The number of aromatic amines is 1. The molecule has 0 radical (unpaired) electrons. The quantitative estimate of drug-likeness (QED) is 0.440. The van der Waals surface area contributed by atoms with Crippen molar-refractivity contribution >= 4 is 30.1 Å². The first-order chi connectivity index (χ1) is 5.24. The monoisotopic (exact) mass is 170 g/mol. The molecule has 1 aromatic rings. The minimum Gasteiger partial charge on any atom is -0.383 e. The lowest BCUT2D eigenvalue weighted by atomic mass is 10.5. The van der Waals surface area contributed by atoms with Gasteiger partial charge in [-0.1, -0.05) is 0 Å². The third-order valence-electron chi connectivity index (χ3n) is 1.06. The summed E-state index contributed by atoms with van der Waals surface area (Å²) in [5, 5.41) is 2.36. The van der Waals surface area contributed by atoms with Crippen LogP contribution in [0, 0.1) is 4.77 Å². The number of rotatable bonds is 2. The third-order valence-corrected chi connectivity index (χ3v) is 1.26. The summed E-state index contributed by atoms with van der Waals surface area (Å²) in [6, 6.07) is 0. The van der Waals surface area contributed by atoms with E-state index in [4.69, 9.17) is 5.73 Å². The number of hydrogen-bond acceptors (Lipinski definition) is 4. The molecule has 1 heterocycles. The molecule has 6 heteroatoms. The lowest BCUT2D eigenvalue weighted by molar-refractivity contribution is -0.105. The summed E-state index contributed by atoms with van der Waals surface area (Å²) in [4.78, 5) is 16.3. The maximum atomic E-state index is 9.98. The lowest BCUT2D eigenvalue weighted by Gasteiger charge is -2.00. The van der Waals surface area contributed by atoms with Gasteiger partial charge in [0.15, 0.2) is 4.77 Å². The Labute approximate surface area is 67.6 Å². The number of aromatic nitrogens is 2. The molecule has 58 valence electrons. The zero-order valence-corrected chi connectivity index (χ0v) is 6.31. The van der Waals surface area contributed by atoms with Gasteiger partial charge in [0, 0.05) is 0 Å². The van der Waals surface area contributed by atoms with Gasteiger partial charge in [-0.25, -0.2) is 4.98 Å².